The van der Waals surface area contributed by atoms with Gasteiger partial charge in [-0.3, -0.25) is 0 Å². The van der Waals surface area contributed by atoms with Crippen LogP contribution in [0.25, 0.3) is 0 Å². The minimum atomic E-state index is -10.00. The van der Waals surface area contributed by atoms with Gasteiger partial charge in [-0.1, -0.05) is 12.8 Å². The summed E-state index contributed by atoms with van der Waals surface area (Å²) in [5.41, 5.74) is -26.5. The van der Waals surface area contributed by atoms with Crippen LogP contribution in [-0.4, -0.2) is 189 Å². The van der Waals surface area contributed by atoms with Crippen LogP contribution in [-0.2, 0) is 36.8 Å². The Morgan fingerprint density at radius 2 is 0.331 bits per heavy atom. The Hall–Kier alpha value is -6.80. The second-order valence-electron chi connectivity index (χ2n) is 25.4. The zero-order chi connectivity index (χ0) is 100. The maximum absolute atomic E-state index is 16.0. The number of hydrogen-bond donors (Lipinski definition) is 4. The van der Waals surface area contributed by atoms with Crippen molar-refractivity contribution < 1.29 is 309 Å². The van der Waals surface area contributed by atoms with Crippen molar-refractivity contribution in [3.8, 4) is 11.5 Å². The molecule has 0 spiro atoms. The maximum Gasteiger partial charge on any atom is 0.460 e. The van der Waals surface area contributed by atoms with Gasteiger partial charge in [-0.25, -0.2) is 0 Å². The Labute approximate surface area is 630 Å². The SMILES string of the molecule is Oc1c(CN[C@@H]2CCCC[C@H]2NCc2cc(C(F)(F)C(F)(F)C(F)(F)C(F)(F)C(F)(F)C(F)(F)C(F)(F)C(F)(F)F)cc(C(F)(F)C(F)(F)C(F)(F)C(F)(F)C(F)(F)C(F)(F)C(F)(F)C(F)(F)F)c2O)cc(C(F)(F)C(F)(F)C(F)(F)C(F)(F)C(F)(F)C(F)(F)C(F)(F)C(F)(F)F)cc1C(F)(F)C(F)(F)C(F)(F)C(F)(F)C(F)(F)C(F)(F)C(F)(F)C(F)(F)F. The minimum absolute atomic E-state index is 1.03. The normalized spacial score (nSPS) is 18.4. The highest BCUT2D eigenvalue weighted by atomic mass is 19.5. The van der Waals surface area contributed by atoms with E-state index in [4.69, 9.17) is 0 Å². The average molecular weight is 2000 g/mol. The number of halogens is 68. The van der Waals surface area contributed by atoms with Crippen LogP contribution < -0.4 is 10.6 Å². The quantitative estimate of drug-likeness (QED) is 0.0528. The lowest BCUT2D eigenvalue weighted by atomic mass is 9.83. The first kappa shape index (κ1) is 111. The summed E-state index contributed by atoms with van der Waals surface area (Å²) in [6, 6.07) is -16.0. The van der Waals surface area contributed by atoms with E-state index >= 15 is 105 Å². The van der Waals surface area contributed by atoms with Gasteiger partial charge in [0.25, 0.3) is 0 Å². The van der Waals surface area contributed by atoms with Gasteiger partial charge in [0.15, 0.2) is 0 Å². The van der Waals surface area contributed by atoms with E-state index in [1.165, 1.54) is 0 Å². The van der Waals surface area contributed by atoms with Crippen molar-refractivity contribution >= 4 is 0 Å². The van der Waals surface area contributed by atoms with Crippen molar-refractivity contribution in [1.82, 2.24) is 10.6 Å². The molecular weight excluding hydrogens is 1980 g/mol. The molecule has 72 heteroatoms. The Kier molecular flexibility index (Phi) is 26.8. The summed E-state index contributed by atoms with van der Waals surface area (Å²) in [6.45, 7) is -6.32. The van der Waals surface area contributed by atoms with E-state index in [0.29, 0.717) is 0 Å². The number of rotatable bonds is 34. The van der Waals surface area contributed by atoms with Gasteiger partial charge in [0.05, 0.1) is 11.1 Å². The topological polar surface area (TPSA) is 64.5 Å². The van der Waals surface area contributed by atoms with Gasteiger partial charge in [0.2, 0.25) is 0 Å². The molecule has 0 aliphatic heterocycles. The van der Waals surface area contributed by atoms with E-state index in [-0.39, 0.29) is 0 Å². The molecule has 0 aromatic heterocycles. The molecule has 2 aromatic carbocycles. The van der Waals surface area contributed by atoms with Crippen LogP contribution in [0.5, 0.6) is 11.5 Å². The summed E-state index contributed by atoms with van der Waals surface area (Å²) in [5, 5.41) is 23.1. The van der Waals surface area contributed by atoms with Crippen molar-refractivity contribution in [3.63, 3.8) is 0 Å². The van der Waals surface area contributed by atoms with Gasteiger partial charge < -0.3 is 20.8 Å². The summed E-state index contributed by atoms with van der Waals surface area (Å²) in [5.74, 6) is -277. The molecule has 0 saturated heterocycles. The van der Waals surface area contributed by atoms with Crippen molar-refractivity contribution in [2.75, 3.05) is 0 Å². The predicted molar refractivity (Wildman–Crippen MR) is 254 cm³/mol. The molecule has 0 amide bonds. The fraction of sp³-hybridized carbons (Fsp3) is 0.769. The molecule has 3 rings (SSSR count). The van der Waals surface area contributed by atoms with Gasteiger partial charge >= 0.3 is 191 Å². The fourth-order valence-electron chi connectivity index (χ4n) is 9.96. The number of nitrogens with one attached hydrogen (secondary N) is 2. The van der Waals surface area contributed by atoms with Crippen LogP contribution >= 0.6 is 0 Å². The molecule has 0 unspecified atom stereocenters. The van der Waals surface area contributed by atoms with Crippen LogP contribution in [0.4, 0.5) is 299 Å². The molecular formula is C52H22F68N2O2. The highest BCUT2D eigenvalue weighted by Gasteiger charge is 3.01. The largest absolute Gasteiger partial charge is 0.507 e. The molecule has 1 aliphatic rings. The molecule has 0 radical (unpaired) electrons. The van der Waals surface area contributed by atoms with Crippen LogP contribution in [0.15, 0.2) is 24.3 Å². The third kappa shape index (κ3) is 14.5. The molecule has 1 saturated carbocycles. The molecule has 4 nitrogen and oxygen atoms in total. The molecule has 1 aliphatic carbocycles. The summed E-state index contributed by atoms with van der Waals surface area (Å²) in [4.78, 5) is 0. The average Bonchev–Trinajstić information content (AvgIpc) is 0.697. The minimum Gasteiger partial charge on any atom is -0.507 e. The summed E-state index contributed by atoms with van der Waals surface area (Å²) in [6.07, 6.45) is -39.9. The van der Waals surface area contributed by atoms with E-state index in [1.807, 2.05) is 0 Å². The number of aromatic hydroxyl groups is 2. The van der Waals surface area contributed by atoms with Crippen molar-refractivity contribution in [2.45, 2.75) is 241 Å². The highest BCUT2D eigenvalue weighted by molar-refractivity contribution is 5.51. The van der Waals surface area contributed by atoms with Crippen LogP contribution in [0.2, 0.25) is 0 Å². The van der Waals surface area contributed by atoms with Crippen molar-refractivity contribution in [3.05, 3.63) is 57.6 Å². The molecule has 4 N–H and O–H groups in total. The van der Waals surface area contributed by atoms with E-state index in [0.717, 1.165) is 10.6 Å². The van der Waals surface area contributed by atoms with Gasteiger partial charge in [0, 0.05) is 47.4 Å². The second-order valence-corrected chi connectivity index (χ2v) is 25.4. The Bertz CT molecular complexity index is 3900. The first-order valence-electron chi connectivity index (χ1n) is 29.2. The first-order chi connectivity index (χ1) is 53.2. The monoisotopic (exact) mass is 2000 g/mol. The third-order valence-electron chi connectivity index (χ3n) is 17.5. The molecule has 2 atom stereocenters. The van der Waals surface area contributed by atoms with E-state index < -0.39 is 311 Å². The van der Waals surface area contributed by atoms with Crippen molar-refractivity contribution in [2.24, 2.45) is 0 Å². The van der Waals surface area contributed by atoms with Gasteiger partial charge in [-0.05, 0) is 37.1 Å². The number of alkyl halides is 68. The maximum atomic E-state index is 16.0. The molecule has 0 bridgehead atoms. The lowest BCUT2D eigenvalue weighted by Gasteiger charge is -2.43. The number of phenolic OH excluding ortho intramolecular Hbond substituents is 2. The van der Waals surface area contributed by atoms with E-state index in [1.54, 1.807) is 0 Å². The zero-order valence-electron chi connectivity index (χ0n) is 55.3. The van der Waals surface area contributed by atoms with Gasteiger partial charge in [-0.15, -0.1) is 0 Å². The Morgan fingerprint density at radius 3 is 0.484 bits per heavy atom. The molecule has 124 heavy (non-hydrogen) atoms. The smallest absolute Gasteiger partial charge is 0.460 e. The van der Waals surface area contributed by atoms with Gasteiger partial charge in [0.1, 0.15) is 11.5 Å². The van der Waals surface area contributed by atoms with Gasteiger partial charge in [-0.2, -0.15) is 299 Å². The lowest BCUT2D eigenvalue weighted by Crippen LogP contribution is -2.74. The van der Waals surface area contributed by atoms with Crippen molar-refractivity contribution in [1.29, 1.82) is 0 Å². The summed E-state index contributed by atoms with van der Waals surface area (Å²) in [7, 11) is 0. The third-order valence-corrected chi connectivity index (χ3v) is 17.5. The number of hydrogen-bond acceptors (Lipinski definition) is 4. The summed E-state index contributed by atoms with van der Waals surface area (Å²) < 4.78 is 976. The number of benzene rings is 2. The Balaban J connectivity index is 2.70. The van der Waals surface area contributed by atoms with Crippen LogP contribution in [0.3, 0.4) is 0 Å². The zero-order valence-corrected chi connectivity index (χ0v) is 55.3. The van der Waals surface area contributed by atoms with E-state index in [9.17, 15) is 203 Å². The van der Waals surface area contributed by atoms with Crippen LogP contribution in [0.1, 0.15) is 59.1 Å². The molecule has 728 valence electrons. The second kappa shape index (κ2) is 29.9. The molecule has 0 heterocycles. The van der Waals surface area contributed by atoms with E-state index in [2.05, 4.69) is 0 Å². The highest BCUT2D eigenvalue weighted by Crippen LogP contribution is 2.73. The summed E-state index contributed by atoms with van der Waals surface area (Å²) >= 11 is 0. The predicted octanol–water partition coefficient (Wildman–Crippen LogP) is 25.2. The van der Waals surface area contributed by atoms with Crippen LogP contribution in [0, 0.1) is 0 Å². The Morgan fingerprint density at radius 1 is 0.194 bits per heavy atom. The standard InChI is InChI=1S/C52H22F68N2O2/c53-21(54,25(61,62)29(69,70)33(77,78)37(85,86)41(93,94)45(101,102)49(109,110)111)13-5-11(19(123)15(7-13)23(57,58)27(65,66)31(73,74)35(81,82)39(89,90)43(97,98)47(105,106)51(115,116)117)9-121-17-3-1-2-4-18(17)122-10-12-6-14(22(55,56)26(63,64)30(71,72)34(79,80)38(87,88)42(95,96)46(103,104)50(112,113)114)8-16(20(12)124)24(59,60)28(67,68)32(75,76)36(83,84)40(91,92)44(99,100)48(107,108)52(118,119)120/h5-8,17-18,121-124H,1-4,9-10H2/t17-,18-/m1/s1. The molecule has 1 fully saturated rings. The first-order valence-corrected chi connectivity index (χ1v) is 29.2. The number of phenols is 2. The fourth-order valence-corrected chi connectivity index (χ4v) is 9.96. The molecule has 2 aromatic rings. The lowest BCUT2D eigenvalue weighted by molar-refractivity contribution is -0.463.